The van der Waals surface area contributed by atoms with Crippen LogP contribution in [-0.4, -0.2) is 51.1 Å². The number of aromatic hydroxyl groups is 1. The Morgan fingerprint density at radius 2 is 1.06 bits per heavy atom. The fraction of sp³-hybridized carbons (Fsp3) is 0.543. The number of aliphatic hydroxyl groups is 1. The number of benzene rings is 3. The number of ether oxygens (including phenoxy) is 2. The maximum atomic E-state index is 11.5. The monoisotopic (exact) mass is 723 g/mol. The van der Waals surface area contributed by atoms with Gasteiger partial charge in [0.1, 0.15) is 24.2 Å². The molecule has 53 heavy (non-hydrogen) atoms. The largest absolute Gasteiger partial charge is 0.507 e. The zero-order chi connectivity index (χ0) is 38.0. The van der Waals surface area contributed by atoms with Gasteiger partial charge in [-0.2, -0.15) is 0 Å². The summed E-state index contributed by atoms with van der Waals surface area (Å²) in [5.41, 5.74) is 7.82. The van der Waals surface area contributed by atoms with Gasteiger partial charge in [-0.3, -0.25) is 0 Å². The number of unbranched alkanes of at least 4 members (excludes halogenated alkanes) is 12. The van der Waals surface area contributed by atoms with Crippen molar-refractivity contribution in [2.24, 2.45) is 0 Å². The number of aromatic nitrogens is 3. The van der Waals surface area contributed by atoms with Crippen molar-refractivity contribution in [1.29, 1.82) is 0 Å². The van der Waals surface area contributed by atoms with E-state index in [1.165, 1.54) is 62.5 Å². The molecule has 4 rings (SSSR count). The van der Waals surface area contributed by atoms with Crippen molar-refractivity contribution in [3.05, 3.63) is 76.3 Å². The number of nitrogens with zero attached hydrogens (tertiary/aromatic N) is 3. The number of phenols is 1. The van der Waals surface area contributed by atoms with Crippen molar-refractivity contribution in [2.75, 3.05) is 19.8 Å². The molecule has 0 amide bonds. The summed E-state index contributed by atoms with van der Waals surface area (Å²) in [5, 5.41) is 22.2. The predicted molar refractivity (Wildman–Crippen MR) is 219 cm³/mol. The first-order chi connectivity index (χ1) is 25.7. The Bertz CT molecular complexity index is 1640. The van der Waals surface area contributed by atoms with Gasteiger partial charge in [0.15, 0.2) is 17.5 Å². The molecule has 1 unspecified atom stereocenters. The average molecular weight is 724 g/mol. The minimum atomic E-state index is -0.767. The molecule has 0 aliphatic rings. The molecule has 3 aromatic carbocycles. The molecule has 0 saturated carbocycles. The number of rotatable bonds is 24. The van der Waals surface area contributed by atoms with Gasteiger partial charge < -0.3 is 19.7 Å². The minimum Gasteiger partial charge on any atom is -0.507 e. The van der Waals surface area contributed by atoms with Crippen LogP contribution in [0.25, 0.3) is 34.2 Å². The first-order valence-corrected chi connectivity index (χ1v) is 20.4. The van der Waals surface area contributed by atoms with Gasteiger partial charge in [-0.1, -0.05) is 138 Å². The van der Waals surface area contributed by atoms with Crippen molar-refractivity contribution in [1.82, 2.24) is 15.0 Å². The zero-order valence-electron chi connectivity index (χ0n) is 33.5. The summed E-state index contributed by atoms with van der Waals surface area (Å²) in [7, 11) is 0. The number of aliphatic hydroxyl groups excluding tert-OH is 1. The lowest BCUT2D eigenvalue weighted by Gasteiger charge is -2.18. The van der Waals surface area contributed by atoms with Crippen molar-refractivity contribution in [3.63, 3.8) is 0 Å². The van der Waals surface area contributed by atoms with Gasteiger partial charge in [-0.05, 0) is 69.7 Å². The SMILES string of the molecule is CCCCCCCCCCCCOCC(O)COc1cc(O)c(-c2nc(-c3ccc(C)cc3C)nc(-c3ccc(C)cc3C)n2)cc1CCCCCC. The van der Waals surface area contributed by atoms with Crippen LogP contribution >= 0.6 is 0 Å². The summed E-state index contributed by atoms with van der Waals surface area (Å²) >= 11 is 0. The van der Waals surface area contributed by atoms with Gasteiger partial charge in [0.05, 0.1) is 12.2 Å². The quantitative estimate of drug-likeness (QED) is 0.0694. The number of hydrogen-bond donors (Lipinski definition) is 2. The molecule has 2 N–H and O–H groups in total. The third kappa shape index (κ3) is 13.5. The predicted octanol–water partition coefficient (Wildman–Crippen LogP) is 11.6. The molecule has 0 radical (unpaired) electrons. The summed E-state index contributed by atoms with van der Waals surface area (Å²) in [5.74, 6) is 2.12. The lowest BCUT2D eigenvalue weighted by atomic mass is 10.0. The third-order valence-corrected chi connectivity index (χ3v) is 9.98. The van der Waals surface area contributed by atoms with E-state index in [4.69, 9.17) is 24.4 Å². The van der Waals surface area contributed by atoms with Crippen molar-refractivity contribution in [2.45, 2.75) is 144 Å². The Hall–Kier alpha value is -3.81. The van der Waals surface area contributed by atoms with Crippen LogP contribution in [0.3, 0.4) is 0 Å². The third-order valence-electron chi connectivity index (χ3n) is 9.98. The van der Waals surface area contributed by atoms with Crippen LogP contribution < -0.4 is 4.74 Å². The summed E-state index contributed by atoms with van der Waals surface area (Å²) in [6.45, 7) is 13.7. The fourth-order valence-electron chi connectivity index (χ4n) is 6.88. The van der Waals surface area contributed by atoms with Gasteiger partial charge in [0.2, 0.25) is 0 Å². The molecule has 1 aromatic heterocycles. The van der Waals surface area contributed by atoms with E-state index >= 15 is 0 Å². The molecule has 0 saturated heterocycles. The Balaban J connectivity index is 1.49. The molecule has 1 heterocycles. The molecular formula is C46H65N3O4. The van der Waals surface area contributed by atoms with Crippen molar-refractivity contribution < 1.29 is 19.7 Å². The van der Waals surface area contributed by atoms with Crippen LogP contribution in [0.4, 0.5) is 0 Å². The van der Waals surface area contributed by atoms with Crippen LogP contribution in [0, 0.1) is 27.7 Å². The standard InChI is InChI=1S/C46H65N3O4/c1-7-9-11-13-14-15-16-17-18-20-26-52-31-38(50)32-53-43-30-42(51)41(29-37(43)21-19-12-10-8-2)46-48-44(39-24-22-33(3)27-35(39)5)47-45(49-46)40-25-23-34(4)28-36(40)6/h22-25,27-30,38,50-51H,7-21,26,31-32H2,1-6H3. The van der Waals surface area contributed by atoms with E-state index in [0.29, 0.717) is 35.4 Å². The van der Waals surface area contributed by atoms with E-state index in [1.54, 1.807) is 6.07 Å². The van der Waals surface area contributed by atoms with Crippen LogP contribution in [0.15, 0.2) is 48.5 Å². The summed E-state index contributed by atoms with van der Waals surface area (Å²) < 4.78 is 12.0. The summed E-state index contributed by atoms with van der Waals surface area (Å²) in [6, 6.07) is 16.1. The number of phenolic OH excluding ortho intramolecular Hbond substituents is 1. The summed E-state index contributed by atoms with van der Waals surface area (Å²) in [6.07, 6.45) is 17.2. The molecule has 7 nitrogen and oxygen atoms in total. The lowest BCUT2D eigenvalue weighted by Crippen LogP contribution is -2.24. The van der Waals surface area contributed by atoms with Gasteiger partial charge >= 0.3 is 0 Å². The summed E-state index contributed by atoms with van der Waals surface area (Å²) in [4.78, 5) is 14.9. The van der Waals surface area contributed by atoms with Crippen LogP contribution in [0.1, 0.15) is 132 Å². The highest BCUT2D eigenvalue weighted by Gasteiger charge is 2.20. The molecule has 4 aromatic rings. The Labute approximate surface area is 319 Å². The zero-order valence-corrected chi connectivity index (χ0v) is 33.5. The van der Waals surface area contributed by atoms with E-state index < -0.39 is 6.10 Å². The van der Waals surface area contributed by atoms with Crippen LogP contribution in [0.5, 0.6) is 11.5 Å². The Kier molecular flexibility index (Phi) is 17.7. The first-order valence-electron chi connectivity index (χ1n) is 20.4. The maximum absolute atomic E-state index is 11.5. The normalized spacial score (nSPS) is 12.0. The molecule has 0 bridgehead atoms. The molecule has 0 fully saturated rings. The Morgan fingerprint density at radius 1 is 0.566 bits per heavy atom. The average Bonchev–Trinajstić information content (AvgIpc) is 3.13. The second kappa shape index (κ2) is 22.4. The second-order valence-corrected chi connectivity index (χ2v) is 15.0. The molecule has 0 aliphatic heterocycles. The molecule has 1 atom stereocenters. The first kappa shape index (κ1) is 41.9. The van der Waals surface area contributed by atoms with Gasteiger partial charge in [-0.25, -0.2) is 15.0 Å². The Morgan fingerprint density at radius 3 is 1.58 bits per heavy atom. The van der Waals surface area contributed by atoms with Gasteiger partial charge in [-0.15, -0.1) is 0 Å². The highest BCUT2D eigenvalue weighted by molar-refractivity contribution is 5.73. The highest BCUT2D eigenvalue weighted by atomic mass is 16.5. The molecule has 288 valence electrons. The van der Waals surface area contributed by atoms with E-state index in [1.807, 2.05) is 6.07 Å². The van der Waals surface area contributed by atoms with E-state index in [9.17, 15) is 10.2 Å². The van der Waals surface area contributed by atoms with Gasteiger partial charge in [0.25, 0.3) is 0 Å². The van der Waals surface area contributed by atoms with Crippen LogP contribution in [-0.2, 0) is 11.2 Å². The van der Waals surface area contributed by atoms with E-state index in [0.717, 1.165) is 72.8 Å². The number of hydrogen-bond acceptors (Lipinski definition) is 7. The highest BCUT2D eigenvalue weighted by Crippen LogP contribution is 2.37. The van der Waals surface area contributed by atoms with Crippen molar-refractivity contribution >= 4 is 0 Å². The van der Waals surface area contributed by atoms with Crippen molar-refractivity contribution in [3.8, 4) is 45.7 Å². The smallest absolute Gasteiger partial charge is 0.167 e. The lowest BCUT2D eigenvalue weighted by molar-refractivity contribution is 0.0107. The van der Waals surface area contributed by atoms with E-state index in [-0.39, 0.29) is 19.0 Å². The topological polar surface area (TPSA) is 97.6 Å². The molecule has 0 aliphatic carbocycles. The number of aryl methyl sites for hydroxylation is 5. The van der Waals surface area contributed by atoms with E-state index in [2.05, 4.69) is 77.9 Å². The molecule has 7 heteroatoms. The van der Waals surface area contributed by atoms with Gasteiger partial charge in [0, 0.05) is 23.8 Å². The fourth-order valence-corrected chi connectivity index (χ4v) is 6.88. The molecule has 0 spiro atoms. The van der Waals surface area contributed by atoms with Crippen LogP contribution in [0.2, 0.25) is 0 Å². The second-order valence-electron chi connectivity index (χ2n) is 15.0. The maximum Gasteiger partial charge on any atom is 0.167 e. The minimum absolute atomic E-state index is 0.0216. The molecular weight excluding hydrogens is 659 g/mol.